The number of carboxylic acid groups (broad SMARTS) is 1. The maximum atomic E-state index is 13.0. The molecule has 5 N–H and O–H groups in total. The van der Waals surface area contributed by atoms with Crippen molar-refractivity contribution in [3.05, 3.63) is 101 Å². The summed E-state index contributed by atoms with van der Waals surface area (Å²) in [5, 5.41) is 27.2. The zero-order valence-electron chi connectivity index (χ0n) is 35.0. The molecular formula is C38H30Cl3F6N11O8S2. The first-order chi connectivity index (χ1) is 31.5. The molecule has 6 aromatic rings. The lowest BCUT2D eigenvalue weighted by atomic mass is 9.95. The number of carbonyl (C=O) groups is 3. The fraction of sp³-hybridized carbons (Fsp3) is 0.289. The van der Waals surface area contributed by atoms with Gasteiger partial charge in [-0.05, 0) is 39.0 Å². The lowest BCUT2D eigenvalue weighted by Gasteiger charge is -2.43. The molecule has 4 atom stereocenters. The minimum absolute atomic E-state index is 0.196. The van der Waals surface area contributed by atoms with Gasteiger partial charge in [0.05, 0.1) is 27.0 Å². The zero-order valence-corrected chi connectivity index (χ0v) is 38.9. The largest absolute Gasteiger partial charge is 0.604 e. The van der Waals surface area contributed by atoms with Gasteiger partial charge in [-0.2, -0.15) is 18.4 Å². The Bertz CT molecular complexity index is 3160. The lowest BCUT2D eigenvalue weighted by molar-refractivity contribution is -0.159. The second kappa shape index (κ2) is 18.7. The van der Waals surface area contributed by atoms with Crippen molar-refractivity contribution in [1.29, 1.82) is 5.26 Å². The smallest absolute Gasteiger partial charge is 0.578 e. The van der Waals surface area contributed by atoms with Gasteiger partial charge in [0.2, 0.25) is 16.5 Å². The van der Waals surface area contributed by atoms with Crippen LogP contribution in [0.25, 0.3) is 28.1 Å². The van der Waals surface area contributed by atoms with Crippen LogP contribution >= 0.6 is 46.6 Å². The Labute approximate surface area is 398 Å². The molecule has 0 spiro atoms. The van der Waals surface area contributed by atoms with Crippen molar-refractivity contribution in [2.45, 2.75) is 59.6 Å². The Balaban J connectivity index is 0.000000179. The van der Waals surface area contributed by atoms with Gasteiger partial charge in [-0.25, -0.2) is 19.3 Å². The highest BCUT2D eigenvalue weighted by atomic mass is 35.5. The number of nitriles is 1. The van der Waals surface area contributed by atoms with Gasteiger partial charge in [0.15, 0.2) is 11.5 Å². The van der Waals surface area contributed by atoms with E-state index in [2.05, 4.69) is 25.5 Å². The van der Waals surface area contributed by atoms with Crippen LogP contribution in [0, 0.1) is 18.3 Å². The summed E-state index contributed by atoms with van der Waals surface area (Å²) in [4.78, 5) is 66.8. The molecule has 30 heteroatoms. The number of nitrogens with one attached hydrogen (secondary N) is 2. The Hall–Kier alpha value is -6.18. The molecule has 360 valence electrons. The van der Waals surface area contributed by atoms with E-state index >= 15 is 0 Å². The van der Waals surface area contributed by atoms with Crippen LogP contribution in [-0.2, 0) is 41.0 Å². The van der Waals surface area contributed by atoms with E-state index in [1.807, 2.05) is 0 Å². The van der Waals surface area contributed by atoms with E-state index in [9.17, 15) is 60.0 Å². The summed E-state index contributed by atoms with van der Waals surface area (Å²) in [5.74, 6) is -2.60. The van der Waals surface area contributed by atoms with Crippen LogP contribution in [-0.4, -0.2) is 94.1 Å². The number of carbonyl (C=O) groups excluding carboxylic acids is 2. The Morgan fingerprint density at radius 1 is 1.06 bits per heavy atom. The van der Waals surface area contributed by atoms with Crippen molar-refractivity contribution in [1.82, 2.24) is 44.3 Å². The third kappa shape index (κ3) is 9.34. The molecule has 4 aromatic heterocycles. The number of nitrogens with zero attached hydrogens (tertiary/aromatic N) is 8. The number of carboxylic acids is 1. The van der Waals surface area contributed by atoms with Gasteiger partial charge in [0, 0.05) is 24.4 Å². The molecule has 6 heterocycles. The number of anilines is 1. The molecule has 2 fully saturated rings. The van der Waals surface area contributed by atoms with Gasteiger partial charge in [-0.1, -0.05) is 58.2 Å². The fourth-order valence-corrected chi connectivity index (χ4v) is 10.3. The number of aromatic amines is 1. The van der Waals surface area contributed by atoms with Crippen LogP contribution in [0.4, 0.5) is 32.2 Å². The predicted molar refractivity (Wildman–Crippen MR) is 233 cm³/mol. The minimum atomic E-state index is -5.25. The fourth-order valence-electron chi connectivity index (χ4n) is 6.99. The summed E-state index contributed by atoms with van der Waals surface area (Å²) in [5.41, 5.74) is -1.38. The number of β-lactam (4-membered cyclic amide) rings is 1. The highest BCUT2D eigenvalue weighted by Crippen LogP contribution is 2.51. The van der Waals surface area contributed by atoms with Crippen molar-refractivity contribution in [2.24, 2.45) is 14.1 Å². The summed E-state index contributed by atoms with van der Waals surface area (Å²) in [6.07, 6.45) is -3.40. The molecule has 0 saturated carbocycles. The number of aryl methyl sites for hydroxylation is 2. The SMILES string of the molecule is Cc1onc(-c2ccccc2Cl)c1C(=O)N[C@@H]1C(=O)N2[C@@H]1SC(C)(C)[C@@H]2C(=O)O.Cn1c(=O)c2[nH]cnc2n(C)c1=O.N#Cc1nn(-c2c(Cl)cc(C(F)(F)F)cc2Cl)c(N)c1[S+]([O-])C(F)(F)F. The topological polar surface area (TPSA) is 276 Å². The summed E-state index contributed by atoms with van der Waals surface area (Å²) in [6.45, 7) is 5.16. The zero-order chi connectivity index (χ0) is 50.7. The molecule has 0 bridgehead atoms. The maximum Gasteiger partial charge on any atom is 0.578 e. The standard InChI is InChI=1S/C19H18ClN3O5S.C12H4Cl2F6N4OS.C7H8N4O2/c1-8-11(12(22-28-8)9-6-4-5-7-10(9)20)15(24)21-13-16(25)23-14(18(26)27)19(2,3)29-17(13)23;13-5-1-4(11(15,16)17)2-6(14)8(5)24-10(22)9(7(3-21)23-24)26(25)12(18,19)20;1-10-5-4(8-3-9-5)6(12)11(2)7(10)13/h4-7,13-14,17H,1-3H3,(H,21,24)(H,26,27);1-2H,22H2;3H,1-2H3,(H,8,9)/t13-,14+,17-;;/m1../s1. The number of aromatic nitrogens is 7. The Morgan fingerprint density at radius 3 is 2.24 bits per heavy atom. The van der Waals surface area contributed by atoms with Gasteiger partial charge in [-0.15, -0.1) is 30.0 Å². The van der Waals surface area contributed by atoms with Crippen molar-refractivity contribution in [3.8, 4) is 23.0 Å². The highest BCUT2D eigenvalue weighted by Gasteiger charge is 2.64. The number of imidazole rings is 1. The molecule has 8 rings (SSSR count). The Kier molecular flexibility index (Phi) is 14.1. The number of H-pyrrole nitrogens is 1. The van der Waals surface area contributed by atoms with Gasteiger partial charge in [-0.3, -0.25) is 23.5 Å². The second-order valence-corrected chi connectivity index (χ2v) is 19.3. The molecule has 0 aliphatic carbocycles. The Morgan fingerprint density at radius 2 is 1.68 bits per heavy atom. The van der Waals surface area contributed by atoms with Crippen molar-refractivity contribution >= 4 is 92.5 Å². The van der Waals surface area contributed by atoms with E-state index in [0.717, 1.165) is 4.57 Å². The van der Waals surface area contributed by atoms with E-state index in [0.29, 0.717) is 44.3 Å². The van der Waals surface area contributed by atoms with Crippen molar-refractivity contribution in [3.63, 3.8) is 0 Å². The number of nitrogen functional groups attached to an aromatic ring is 1. The van der Waals surface area contributed by atoms with Crippen molar-refractivity contribution in [2.75, 3.05) is 5.73 Å². The van der Waals surface area contributed by atoms with Gasteiger partial charge in [0.25, 0.3) is 11.5 Å². The van der Waals surface area contributed by atoms with Crippen LogP contribution in [0.2, 0.25) is 15.1 Å². The first-order valence-electron chi connectivity index (χ1n) is 18.7. The van der Waals surface area contributed by atoms with Gasteiger partial charge >= 0.3 is 23.3 Å². The number of nitrogens with two attached hydrogens (primary N) is 1. The van der Waals surface area contributed by atoms with Crippen LogP contribution in [0.15, 0.2) is 61.7 Å². The monoisotopic (exact) mass is 1050 g/mol. The number of halogens is 9. The summed E-state index contributed by atoms with van der Waals surface area (Å²) in [7, 11) is 3.01. The van der Waals surface area contributed by atoms with Gasteiger partial charge < -0.3 is 35.1 Å². The lowest BCUT2D eigenvalue weighted by Crippen LogP contribution is -2.70. The predicted octanol–water partition coefficient (Wildman–Crippen LogP) is 5.79. The van der Waals surface area contributed by atoms with E-state index in [1.165, 1.54) is 40.7 Å². The number of thioether (sulfide) groups is 1. The van der Waals surface area contributed by atoms with Crippen LogP contribution in [0.5, 0.6) is 0 Å². The summed E-state index contributed by atoms with van der Waals surface area (Å²) >= 11 is 15.4. The summed E-state index contributed by atoms with van der Waals surface area (Å²) < 4.78 is 95.3. The molecular weight excluding hydrogens is 1020 g/mol. The number of rotatable bonds is 6. The number of benzene rings is 2. The van der Waals surface area contributed by atoms with Crippen LogP contribution in [0.3, 0.4) is 0 Å². The third-order valence-corrected chi connectivity index (χ3v) is 13.8. The van der Waals surface area contributed by atoms with E-state index in [-0.39, 0.29) is 22.5 Å². The molecule has 0 radical (unpaired) electrons. The number of aliphatic carboxylic acids is 1. The first kappa shape index (κ1) is 51.2. The summed E-state index contributed by atoms with van der Waals surface area (Å²) in [6, 6.07) is 7.37. The normalized spacial score (nSPS) is 17.8. The molecule has 1 unspecified atom stereocenters. The molecule has 19 nitrogen and oxygen atoms in total. The van der Waals surface area contributed by atoms with E-state index < -0.39 is 101 Å². The number of hydrogen-bond acceptors (Lipinski definition) is 13. The molecule has 2 amide bonds. The average molecular weight is 1050 g/mol. The number of fused-ring (bicyclic) bond motifs is 2. The minimum Gasteiger partial charge on any atom is -0.604 e. The number of alkyl halides is 6. The van der Waals surface area contributed by atoms with Gasteiger partial charge in [0.1, 0.15) is 62.9 Å². The molecule has 2 aliphatic rings. The molecule has 2 saturated heterocycles. The van der Waals surface area contributed by atoms with Crippen molar-refractivity contribution < 1.29 is 54.9 Å². The third-order valence-electron chi connectivity index (χ3n) is 10.1. The van der Waals surface area contributed by atoms with Crippen LogP contribution in [0.1, 0.15) is 41.2 Å². The van der Waals surface area contributed by atoms with Crippen LogP contribution < -0.4 is 22.3 Å². The molecule has 68 heavy (non-hydrogen) atoms. The highest BCUT2D eigenvalue weighted by molar-refractivity contribution is 8.01. The van der Waals surface area contributed by atoms with E-state index in [4.69, 9.17) is 50.3 Å². The van der Waals surface area contributed by atoms with E-state index in [1.54, 1.807) is 52.1 Å². The average Bonchev–Trinajstić information content (AvgIpc) is 4.03. The molecule has 2 aliphatic heterocycles. The molecule has 2 aromatic carbocycles. The quantitative estimate of drug-likeness (QED) is 0.0874. The second-order valence-electron chi connectivity index (χ2n) is 14.9. The maximum absolute atomic E-state index is 13.0. The number of hydrogen-bond donors (Lipinski definition) is 4. The first-order valence-corrected chi connectivity index (χ1v) is 21.9. The number of amides is 2.